The molecule has 3 rings (SSSR count). The summed E-state index contributed by atoms with van der Waals surface area (Å²) in [6, 6.07) is 1.87. The van der Waals surface area contributed by atoms with Crippen molar-refractivity contribution >= 4 is 21.2 Å². The van der Waals surface area contributed by atoms with Gasteiger partial charge in [0, 0.05) is 25.2 Å². The van der Waals surface area contributed by atoms with E-state index in [-0.39, 0.29) is 5.75 Å². The van der Waals surface area contributed by atoms with Gasteiger partial charge in [-0.25, -0.2) is 13.4 Å². The van der Waals surface area contributed by atoms with Crippen molar-refractivity contribution in [1.82, 2.24) is 14.8 Å². The van der Waals surface area contributed by atoms with Crippen LogP contribution in [-0.4, -0.2) is 41.6 Å². The minimum Gasteiger partial charge on any atom is -0.380 e. The van der Waals surface area contributed by atoms with E-state index in [1.807, 2.05) is 19.3 Å². The number of sulfone groups is 1. The van der Waals surface area contributed by atoms with Crippen LogP contribution in [0.3, 0.4) is 0 Å². The molecule has 21 heavy (non-hydrogen) atoms. The first-order valence-corrected chi connectivity index (χ1v) is 9.38. The molecule has 0 aliphatic carbocycles. The SMILES string of the molecule is Cn1ccc(-c2nc(CS(=O)(=O)C3CCCOC3)cs2)n1. The van der Waals surface area contributed by atoms with Crippen molar-refractivity contribution in [3.05, 3.63) is 23.3 Å². The number of rotatable bonds is 4. The molecule has 0 radical (unpaired) electrons. The molecule has 1 aliphatic heterocycles. The fourth-order valence-electron chi connectivity index (χ4n) is 2.34. The highest BCUT2D eigenvalue weighted by Gasteiger charge is 2.29. The summed E-state index contributed by atoms with van der Waals surface area (Å²) in [5, 5.41) is 6.43. The lowest BCUT2D eigenvalue weighted by molar-refractivity contribution is 0.0991. The molecule has 0 aromatic carbocycles. The lowest BCUT2D eigenvalue weighted by Crippen LogP contribution is -2.31. The van der Waals surface area contributed by atoms with Gasteiger partial charge in [-0.2, -0.15) is 5.10 Å². The Bertz CT molecular complexity index is 715. The molecule has 1 saturated heterocycles. The molecule has 2 aromatic rings. The highest BCUT2D eigenvalue weighted by molar-refractivity contribution is 7.91. The minimum absolute atomic E-state index is 0.0235. The molecular weight excluding hydrogens is 310 g/mol. The monoisotopic (exact) mass is 327 g/mol. The highest BCUT2D eigenvalue weighted by Crippen LogP contribution is 2.24. The predicted molar refractivity (Wildman–Crippen MR) is 80.8 cm³/mol. The Morgan fingerprint density at radius 2 is 2.38 bits per heavy atom. The van der Waals surface area contributed by atoms with Gasteiger partial charge in [0.2, 0.25) is 0 Å². The van der Waals surface area contributed by atoms with Gasteiger partial charge in [-0.3, -0.25) is 4.68 Å². The summed E-state index contributed by atoms with van der Waals surface area (Å²) in [4.78, 5) is 4.40. The molecule has 114 valence electrons. The zero-order valence-corrected chi connectivity index (χ0v) is 13.4. The largest absolute Gasteiger partial charge is 0.380 e. The second kappa shape index (κ2) is 5.86. The Morgan fingerprint density at radius 3 is 3.05 bits per heavy atom. The molecule has 2 aromatic heterocycles. The topological polar surface area (TPSA) is 74.1 Å². The molecule has 0 bridgehead atoms. The van der Waals surface area contributed by atoms with Crippen LogP contribution in [0, 0.1) is 0 Å². The van der Waals surface area contributed by atoms with Crippen molar-refractivity contribution in [3.8, 4) is 10.7 Å². The van der Waals surface area contributed by atoms with E-state index in [1.165, 1.54) is 11.3 Å². The van der Waals surface area contributed by atoms with Crippen LogP contribution in [0.25, 0.3) is 10.7 Å². The number of hydrogen-bond donors (Lipinski definition) is 0. The van der Waals surface area contributed by atoms with Crippen molar-refractivity contribution < 1.29 is 13.2 Å². The van der Waals surface area contributed by atoms with Gasteiger partial charge >= 0.3 is 0 Å². The zero-order chi connectivity index (χ0) is 14.9. The summed E-state index contributed by atoms with van der Waals surface area (Å²) >= 11 is 1.42. The zero-order valence-electron chi connectivity index (χ0n) is 11.7. The van der Waals surface area contributed by atoms with Gasteiger partial charge in [-0.05, 0) is 18.9 Å². The first kappa shape index (κ1) is 14.7. The van der Waals surface area contributed by atoms with Crippen LogP contribution in [0.4, 0.5) is 0 Å². The molecular formula is C13H17N3O3S2. The van der Waals surface area contributed by atoms with Crippen molar-refractivity contribution in [3.63, 3.8) is 0 Å². The number of hydrogen-bond acceptors (Lipinski definition) is 6. The van der Waals surface area contributed by atoms with Crippen molar-refractivity contribution in [2.75, 3.05) is 13.2 Å². The molecule has 0 N–H and O–H groups in total. The Morgan fingerprint density at radius 1 is 1.52 bits per heavy atom. The number of ether oxygens (including phenoxy) is 1. The van der Waals surface area contributed by atoms with E-state index >= 15 is 0 Å². The lowest BCUT2D eigenvalue weighted by Gasteiger charge is -2.21. The van der Waals surface area contributed by atoms with Crippen LogP contribution in [0.2, 0.25) is 0 Å². The van der Waals surface area contributed by atoms with E-state index in [4.69, 9.17) is 4.74 Å². The molecule has 8 heteroatoms. The molecule has 1 fully saturated rings. The van der Waals surface area contributed by atoms with Crippen LogP contribution < -0.4 is 0 Å². The van der Waals surface area contributed by atoms with Gasteiger partial charge in [0.25, 0.3) is 0 Å². The maximum atomic E-state index is 12.4. The predicted octanol–water partition coefficient (Wildman–Crippen LogP) is 1.64. The van der Waals surface area contributed by atoms with Gasteiger partial charge < -0.3 is 4.74 Å². The van der Waals surface area contributed by atoms with Crippen LogP contribution in [0.5, 0.6) is 0 Å². The van der Waals surface area contributed by atoms with E-state index in [0.717, 1.165) is 17.1 Å². The highest BCUT2D eigenvalue weighted by atomic mass is 32.2. The van der Waals surface area contributed by atoms with Crippen molar-refractivity contribution in [1.29, 1.82) is 0 Å². The molecule has 6 nitrogen and oxygen atoms in total. The first-order chi connectivity index (χ1) is 10.0. The summed E-state index contributed by atoms with van der Waals surface area (Å²) in [6.07, 6.45) is 3.33. The third-order valence-electron chi connectivity index (χ3n) is 3.46. The smallest absolute Gasteiger partial charge is 0.161 e. The van der Waals surface area contributed by atoms with Crippen LogP contribution >= 0.6 is 11.3 Å². The standard InChI is InChI=1S/C13H17N3O3S2/c1-16-5-4-12(15-16)13-14-10(8-20-13)9-21(17,18)11-3-2-6-19-7-11/h4-5,8,11H,2-3,6-7,9H2,1H3. The third kappa shape index (κ3) is 3.33. The third-order valence-corrected chi connectivity index (χ3v) is 6.46. The molecule has 0 saturated carbocycles. The fourth-order valence-corrected chi connectivity index (χ4v) is 4.85. The second-order valence-electron chi connectivity index (χ2n) is 5.16. The fraction of sp³-hybridized carbons (Fsp3) is 0.538. The van der Waals surface area contributed by atoms with Gasteiger partial charge in [0.05, 0.1) is 23.3 Å². The Labute approximate surface area is 127 Å². The molecule has 3 heterocycles. The van der Waals surface area contributed by atoms with Crippen molar-refractivity contribution in [2.45, 2.75) is 23.8 Å². The summed E-state index contributed by atoms with van der Waals surface area (Å²) in [5.41, 5.74) is 1.36. The van der Waals surface area contributed by atoms with Crippen LogP contribution in [0.1, 0.15) is 18.5 Å². The summed E-state index contributed by atoms with van der Waals surface area (Å²) in [7, 11) is -1.37. The van der Waals surface area contributed by atoms with Crippen molar-refractivity contribution in [2.24, 2.45) is 7.05 Å². The Hall–Kier alpha value is -1.25. The number of thiazole rings is 1. The quantitative estimate of drug-likeness (QED) is 0.853. The first-order valence-electron chi connectivity index (χ1n) is 6.78. The van der Waals surface area contributed by atoms with Gasteiger partial charge in [0.1, 0.15) is 10.7 Å². The maximum absolute atomic E-state index is 12.4. The summed E-state index contributed by atoms with van der Waals surface area (Å²) < 4.78 is 31.7. The van der Waals surface area contributed by atoms with Gasteiger partial charge in [0.15, 0.2) is 9.84 Å². The average Bonchev–Trinajstić information content (AvgIpc) is 3.08. The van der Waals surface area contributed by atoms with E-state index in [9.17, 15) is 8.42 Å². The maximum Gasteiger partial charge on any atom is 0.161 e. The second-order valence-corrected chi connectivity index (χ2v) is 8.30. The van der Waals surface area contributed by atoms with E-state index in [1.54, 1.807) is 10.1 Å². The Balaban J connectivity index is 1.74. The van der Waals surface area contributed by atoms with Gasteiger partial charge in [-0.1, -0.05) is 0 Å². The van der Waals surface area contributed by atoms with E-state index in [0.29, 0.717) is 25.3 Å². The van der Waals surface area contributed by atoms with E-state index < -0.39 is 15.1 Å². The van der Waals surface area contributed by atoms with Crippen LogP contribution in [0.15, 0.2) is 17.6 Å². The number of aromatic nitrogens is 3. The van der Waals surface area contributed by atoms with E-state index in [2.05, 4.69) is 10.1 Å². The lowest BCUT2D eigenvalue weighted by atomic mass is 10.2. The normalized spacial score (nSPS) is 19.8. The molecule has 1 unspecified atom stereocenters. The average molecular weight is 327 g/mol. The molecule has 0 spiro atoms. The minimum atomic E-state index is -3.21. The molecule has 0 amide bonds. The Kier molecular flexibility index (Phi) is 4.10. The number of nitrogens with zero attached hydrogens (tertiary/aromatic N) is 3. The summed E-state index contributed by atoms with van der Waals surface area (Å²) in [6.45, 7) is 0.964. The van der Waals surface area contributed by atoms with Gasteiger partial charge in [-0.15, -0.1) is 11.3 Å². The number of aryl methyl sites for hydroxylation is 1. The summed E-state index contributed by atoms with van der Waals surface area (Å²) in [5.74, 6) is -0.0235. The molecule has 1 atom stereocenters. The molecule has 1 aliphatic rings. The van der Waals surface area contributed by atoms with Crippen LogP contribution in [-0.2, 0) is 27.4 Å².